The minimum absolute atomic E-state index is 0.00998. The fourth-order valence-electron chi connectivity index (χ4n) is 1.82. The van der Waals surface area contributed by atoms with E-state index in [1.807, 2.05) is 13.8 Å². The second kappa shape index (κ2) is 6.73. The lowest BCUT2D eigenvalue weighted by atomic mass is 10.0. The van der Waals surface area contributed by atoms with Crippen LogP contribution in [0.5, 0.6) is 0 Å². The van der Waals surface area contributed by atoms with E-state index in [1.54, 1.807) is 0 Å². The summed E-state index contributed by atoms with van der Waals surface area (Å²) in [6, 6.07) is 4.17. The van der Waals surface area contributed by atoms with Gasteiger partial charge in [0.15, 0.2) is 0 Å². The summed E-state index contributed by atoms with van der Waals surface area (Å²) in [5.41, 5.74) is 1.35. The molecule has 7 nitrogen and oxygen atoms in total. The fourth-order valence-corrected chi connectivity index (χ4v) is 2.84. The molecule has 0 heterocycles. The molecule has 0 atom stereocenters. The zero-order valence-electron chi connectivity index (χ0n) is 11.8. The largest absolute Gasteiger partial charge is 0.385 e. The first kappa shape index (κ1) is 17.9. The Labute approximate surface area is 124 Å². The monoisotopic (exact) mass is 337 g/mol. The van der Waals surface area contributed by atoms with Crippen molar-refractivity contribution >= 4 is 25.9 Å². The standard InChI is InChI=1S/C12H19NO6S2/c1-9(2)11-8-10(21(17,18)19)4-5-12(11)13-6-3-7-20(14,15)16/h4-5,8-9,13H,3,6-7H2,1-2H3,(H,14,15,16)(H,17,18,19). The van der Waals surface area contributed by atoms with Gasteiger partial charge in [-0.05, 0) is 36.1 Å². The zero-order valence-corrected chi connectivity index (χ0v) is 13.4. The molecular weight excluding hydrogens is 318 g/mol. The van der Waals surface area contributed by atoms with Crippen molar-refractivity contribution in [1.29, 1.82) is 0 Å². The van der Waals surface area contributed by atoms with Crippen molar-refractivity contribution in [3.05, 3.63) is 23.8 Å². The van der Waals surface area contributed by atoms with Gasteiger partial charge in [-0.15, -0.1) is 0 Å². The van der Waals surface area contributed by atoms with Gasteiger partial charge in [0.05, 0.1) is 10.6 Å². The minimum Gasteiger partial charge on any atom is -0.385 e. The Kier molecular flexibility index (Phi) is 5.74. The Balaban J connectivity index is 2.88. The Morgan fingerprint density at radius 1 is 1.14 bits per heavy atom. The molecule has 0 saturated heterocycles. The van der Waals surface area contributed by atoms with E-state index in [1.165, 1.54) is 18.2 Å². The molecular formula is C12H19NO6S2. The molecule has 0 aliphatic heterocycles. The molecule has 0 amide bonds. The van der Waals surface area contributed by atoms with Gasteiger partial charge in [0, 0.05) is 12.2 Å². The lowest BCUT2D eigenvalue weighted by molar-refractivity contribution is 0.480. The molecule has 9 heteroatoms. The lowest BCUT2D eigenvalue weighted by Crippen LogP contribution is -2.12. The summed E-state index contributed by atoms with van der Waals surface area (Å²) in [4.78, 5) is -0.185. The number of anilines is 1. The molecule has 0 fully saturated rings. The zero-order chi connectivity index (χ0) is 16.3. The summed E-state index contributed by atoms with van der Waals surface area (Å²) >= 11 is 0. The highest BCUT2D eigenvalue weighted by molar-refractivity contribution is 7.86. The van der Waals surface area contributed by atoms with Crippen molar-refractivity contribution in [2.45, 2.75) is 31.1 Å². The van der Waals surface area contributed by atoms with Crippen molar-refractivity contribution in [2.24, 2.45) is 0 Å². The second-order valence-corrected chi connectivity index (χ2v) is 7.94. The molecule has 1 rings (SSSR count). The van der Waals surface area contributed by atoms with Crippen LogP contribution in [0.4, 0.5) is 5.69 Å². The number of nitrogens with one attached hydrogen (secondary N) is 1. The van der Waals surface area contributed by atoms with Crippen molar-refractivity contribution in [3.8, 4) is 0 Å². The van der Waals surface area contributed by atoms with Gasteiger partial charge in [0.25, 0.3) is 20.2 Å². The Morgan fingerprint density at radius 2 is 1.76 bits per heavy atom. The van der Waals surface area contributed by atoms with Crippen molar-refractivity contribution < 1.29 is 25.9 Å². The third-order valence-electron chi connectivity index (χ3n) is 2.84. The number of benzene rings is 1. The van der Waals surface area contributed by atoms with Gasteiger partial charge in [0.2, 0.25) is 0 Å². The SMILES string of the molecule is CC(C)c1cc(S(=O)(=O)O)ccc1NCCCS(=O)(=O)O. The Bertz CT molecular complexity index is 694. The predicted molar refractivity (Wildman–Crippen MR) is 79.9 cm³/mol. The summed E-state index contributed by atoms with van der Waals surface area (Å²) < 4.78 is 61.2. The number of hydrogen-bond acceptors (Lipinski definition) is 5. The Hall–Kier alpha value is -1.16. The van der Waals surface area contributed by atoms with Gasteiger partial charge in [0.1, 0.15) is 0 Å². The highest BCUT2D eigenvalue weighted by Crippen LogP contribution is 2.27. The third-order valence-corrected chi connectivity index (χ3v) is 4.49. The maximum Gasteiger partial charge on any atom is 0.294 e. The summed E-state index contributed by atoms with van der Waals surface area (Å²) in [5.74, 6) is -0.337. The van der Waals surface area contributed by atoms with Gasteiger partial charge < -0.3 is 5.32 Å². The van der Waals surface area contributed by atoms with Crippen LogP contribution in [0.15, 0.2) is 23.1 Å². The minimum atomic E-state index is -4.26. The topological polar surface area (TPSA) is 121 Å². The van der Waals surface area contributed by atoms with Gasteiger partial charge in [-0.1, -0.05) is 13.8 Å². The van der Waals surface area contributed by atoms with Gasteiger partial charge in [-0.2, -0.15) is 16.8 Å². The summed E-state index contributed by atoms with van der Waals surface area (Å²) in [5, 5.41) is 2.99. The van der Waals surface area contributed by atoms with Crippen LogP contribution in [0.2, 0.25) is 0 Å². The van der Waals surface area contributed by atoms with E-state index < -0.39 is 20.2 Å². The van der Waals surface area contributed by atoms with Gasteiger partial charge in [-0.25, -0.2) is 0 Å². The van der Waals surface area contributed by atoms with E-state index in [-0.39, 0.29) is 23.0 Å². The first-order chi connectivity index (χ1) is 9.50. The van der Waals surface area contributed by atoms with Crippen LogP contribution in [0.3, 0.4) is 0 Å². The highest BCUT2D eigenvalue weighted by atomic mass is 32.2. The molecule has 0 radical (unpaired) electrons. The van der Waals surface area contributed by atoms with Gasteiger partial charge in [-0.3, -0.25) is 9.11 Å². The molecule has 3 N–H and O–H groups in total. The molecule has 0 aliphatic carbocycles. The molecule has 21 heavy (non-hydrogen) atoms. The van der Waals surface area contributed by atoms with Crippen molar-refractivity contribution in [3.63, 3.8) is 0 Å². The van der Waals surface area contributed by atoms with Crippen LogP contribution in [0, 0.1) is 0 Å². The quantitative estimate of drug-likeness (QED) is 0.512. The molecule has 1 aromatic carbocycles. The van der Waals surface area contributed by atoms with Crippen LogP contribution in [-0.2, 0) is 20.2 Å². The lowest BCUT2D eigenvalue weighted by Gasteiger charge is -2.15. The summed E-state index contributed by atoms with van der Waals surface area (Å²) in [6.45, 7) is 4.05. The maximum absolute atomic E-state index is 11.1. The molecule has 0 spiro atoms. The predicted octanol–water partition coefficient (Wildman–Crippen LogP) is 1.75. The third kappa shape index (κ3) is 6.00. The molecule has 0 aliphatic rings. The molecule has 120 valence electrons. The second-order valence-electron chi connectivity index (χ2n) is 4.95. The van der Waals surface area contributed by atoms with E-state index in [0.717, 1.165) is 0 Å². The first-order valence-electron chi connectivity index (χ1n) is 6.31. The van der Waals surface area contributed by atoms with Crippen LogP contribution in [-0.4, -0.2) is 38.2 Å². The molecule has 0 saturated carbocycles. The summed E-state index contributed by atoms with van der Waals surface area (Å²) in [6.07, 6.45) is 0.219. The van der Waals surface area contributed by atoms with E-state index in [2.05, 4.69) is 5.32 Å². The molecule has 0 bridgehead atoms. The maximum atomic E-state index is 11.1. The van der Waals surface area contributed by atoms with Crippen LogP contribution >= 0.6 is 0 Å². The number of rotatable bonds is 7. The molecule has 1 aromatic rings. The van der Waals surface area contributed by atoms with E-state index in [9.17, 15) is 16.8 Å². The van der Waals surface area contributed by atoms with Crippen LogP contribution < -0.4 is 5.32 Å². The van der Waals surface area contributed by atoms with Crippen molar-refractivity contribution in [1.82, 2.24) is 0 Å². The Morgan fingerprint density at radius 3 is 2.24 bits per heavy atom. The highest BCUT2D eigenvalue weighted by Gasteiger charge is 2.14. The summed E-state index contributed by atoms with van der Waals surface area (Å²) in [7, 11) is -8.24. The van der Waals surface area contributed by atoms with Gasteiger partial charge >= 0.3 is 0 Å². The van der Waals surface area contributed by atoms with Crippen LogP contribution in [0.25, 0.3) is 0 Å². The normalized spacial score (nSPS) is 12.6. The van der Waals surface area contributed by atoms with E-state index in [4.69, 9.17) is 9.11 Å². The average molecular weight is 337 g/mol. The van der Waals surface area contributed by atoms with Crippen molar-refractivity contribution in [2.75, 3.05) is 17.6 Å². The smallest absolute Gasteiger partial charge is 0.294 e. The van der Waals surface area contributed by atoms with Crippen LogP contribution in [0.1, 0.15) is 31.7 Å². The molecule has 0 aromatic heterocycles. The fraction of sp³-hybridized carbons (Fsp3) is 0.500. The number of hydrogen-bond donors (Lipinski definition) is 3. The molecule has 0 unspecified atom stereocenters. The van der Waals surface area contributed by atoms with E-state index in [0.29, 0.717) is 17.8 Å². The average Bonchev–Trinajstić information content (AvgIpc) is 2.32. The van der Waals surface area contributed by atoms with E-state index >= 15 is 0 Å². The first-order valence-corrected chi connectivity index (χ1v) is 9.36.